The number of aromatic nitrogens is 1. The first kappa shape index (κ1) is 11.4. The molecule has 2 nitrogen and oxygen atoms in total. The molecule has 2 rings (SSSR count). The summed E-state index contributed by atoms with van der Waals surface area (Å²) in [5, 5.41) is 3.37. The number of rotatable bonds is 3. The summed E-state index contributed by atoms with van der Waals surface area (Å²) < 4.78 is 12.9. The Morgan fingerprint density at radius 3 is 2.94 bits per heavy atom. The second kappa shape index (κ2) is 5.28. The van der Waals surface area contributed by atoms with Crippen LogP contribution in [0, 0.1) is 11.9 Å². The summed E-state index contributed by atoms with van der Waals surface area (Å²) in [5.74, 6) is 0.970. The highest BCUT2D eigenvalue weighted by molar-refractivity contribution is 5.35. The van der Waals surface area contributed by atoms with E-state index in [1.807, 2.05) is 6.07 Å². The van der Waals surface area contributed by atoms with Crippen LogP contribution in [0.3, 0.4) is 0 Å². The molecule has 1 saturated carbocycles. The molecule has 16 heavy (non-hydrogen) atoms. The van der Waals surface area contributed by atoms with E-state index in [4.69, 9.17) is 0 Å². The maximum Gasteiger partial charge on any atom is 0.214 e. The van der Waals surface area contributed by atoms with Gasteiger partial charge in [0, 0.05) is 6.04 Å². The highest BCUT2D eigenvalue weighted by Crippen LogP contribution is 2.28. The first-order valence-corrected chi connectivity index (χ1v) is 6.18. The summed E-state index contributed by atoms with van der Waals surface area (Å²) in [4.78, 5) is 3.86. The van der Waals surface area contributed by atoms with Crippen LogP contribution in [0.5, 0.6) is 0 Å². The number of hydrogen-bond donors (Lipinski definition) is 1. The lowest BCUT2D eigenvalue weighted by Crippen LogP contribution is -2.32. The van der Waals surface area contributed by atoms with Gasteiger partial charge in [-0.3, -0.25) is 0 Å². The highest BCUT2D eigenvalue weighted by Gasteiger charge is 2.23. The number of nitrogens with one attached hydrogen (secondary N) is 1. The zero-order valence-electron chi connectivity index (χ0n) is 9.75. The van der Waals surface area contributed by atoms with Crippen LogP contribution in [0.2, 0.25) is 0 Å². The molecule has 0 spiro atoms. The summed E-state index contributed by atoms with van der Waals surface area (Å²) in [7, 11) is 0. The Morgan fingerprint density at radius 1 is 1.38 bits per heavy atom. The Kier molecular flexibility index (Phi) is 3.75. The average Bonchev–Trinajstić information content (AvgIpc) is 2.30. The Morgan fingerprint density at radius 2 is 2.19 bits per heavy atom. The molecule has 0 aromatic carbocycles. The zero-order chi connectivity index (χ0) is 11.4. The molecule has 2 atom stereocenters. The number of nitrogens with zero attached hydrogens (tertiary/aromatic N) is 1. The van der Waals surface area contributed by atoms with E-state index < -0.39 is 5.95 Å². The van der Waals surface area contributed by atoms with Crippen molar-refractivity contribution in [1.29, 1.82) is 0 Å². The van der Waals surface area contributed by atoms with E-state index >= 15 is 0 Å². The fraction of sp³-hybridized carbons (Fsp3) is 0.615. The Bertz CT molecular complexity index is 340. The van der Waals surface area contributed by atoms with Crippen LogP contribution in [-0.2, 0) is 0 Å². The number of hydrogen-bond acceptors (Lipinski definition) is 2. The third kappa shape index (κ3) is 2.71. The van der Waals surface area contributed by atoms with E-state index in [0.29, 0.717) is 17.8 Å². The minimum atomic E-state index is -0.408. The van der Waals surface area contributed by atoms with Crippen molar-refractivity contribution >= 4 is 5.82 Å². The fourth-order valence-electron chi connectivity index (χ4n) is 2.56. The molecule has 0 saturated heterocycles. The smallest absolute Gasteiger partial charge is 0.214 e. The van der Waals surface area contributed by atoms with Gasteiger partial charge in [-0.25, -0.2) is 4.98 Å². The number of halogens is 1. The van der Waals surface area contributed by atoms with Gasteiger partial charge in [-0.2, -0.15) is 4.39 Å². The monoisotopic (exact) mass is 222 g/mol. The van der Waals surface area contributed by atoms with Crippen LogP contribution >= 0.6 is 0 Å². The topological polar surface area (TPSA) is 24.9 Å². The Hall–Kier alpha value is -1.12. The molecule has 0 aliphatic heterocycles. The number of pyridine rings is 1. The third-order valence-corrected chi connectivity index (χ3v) is 3.48. The van der Waals surface area contributed by atoms with Crippen molar-refractivity contribution in [3.8, 4) is 0 Å². The van der Waals surface area contributed by atoms with Crippen LogP contribution in [0.1, 0.15) is 39.0 Å². The van der Waals surface area contributed by atoms with Crippen molar-refractivity contribution in [2.24, 2.45) is 5.92 Å². The molecular formula is C13H19FN2. The van der Waals surface area contributed by atoms with E-state index in [2.05, 4.69) is 17.2 Å². The van der Waals surface area contributed by atoms with Crippen molar-refractivity contribution in [3.05, 3.63) is 24.1 Å². The molecule has 0 radical (unpaired) electrons. The number of anilines is 1. The maximum absolute atomic E-state index is 12.9. The summed E-state index contributed by atoms with van der Waals surface area (Å²) in [6.45, 7) is 2.23. The lowest BCUT2D eigenvalue weighted by atomic mass is 9.83. The second-order valence-corrected chi connectivity index (χ2v) is 4.55. The zero-order valence-corrected chi connectivity index (χ0v) is 9.75. The Balaban J connectivity index is 2.02. The van der Waals surface area contributed by atoms with Crippen molar-refractivity contribution in [2.45, 2.75) is 45.1 Å². The minimum Gasteiger partial charge on any atom is -0.367 e. The van der Waals surface area contributed by atoms with Gasteiger partial charge in [0.05, 0.1) is 0 Å². The van der Waals surface area contributed by atoms with Gasteiger partial charge in [0.2, 0.25) is 5.95 Å². The van der Waals surface area contributed by atoms with Gasteiger partial charge in [-0.1, -0.05) is 32.3 Å². The van der Waals surface area contributed by atoms with E-state index in [9.17, 15) is 4.39 Å². The minimum absolute atomic E-state index is 0.408. The Labute approximate surface area is 96.3 Å². The fourth-order valence-corrected chi connectivity index (χ4v) is 2.56. The van der Waals surface area contributed by atoms with E-state index in [-0.39, 0.29) is 0 Å². The van der Waals surface area contributed by atoms with Crippen LogP contribution < -0.4 is 5.32 Å². The maximum atomic E-state index is 12.9. The van der Waals surface area contributed by atoms with Crippen LogP contribution in [0.15, 0.2) is 18.2 Å². The summed E-state index contributed by atoms with van der Waals surface area (Å²) >= 11 is 0. The van der Waals surface area contributed by atoms with Crippen molar-refractivity contribution < 1.29 is 4.39 Å². The molecule has 0 amide bonds. The van der Waals surface area contributed by atoms with Gasteiger partial charge in [-0.05, 0) is 30.9 Å². The predicted molar refractivity (Wildman–Crippen MR) is 63.9 cm³/mol. The van der Waals surface area contributed by atoms with Gasteiger partial charge in [0.25, 0.3) is 0 Å². The van der Waals surface area contributed by atoms with Gasteiger partial charge in [-0.15, -0.1) is 0 Å². The van der Waals surface area contributed by atoms with Crippen molar-refractivity contribution in [2.75, 3.05) is 5.32 Å². The van der Waals surface area contributed by atoms with Crippen LogP contribution in [0.4, 0.5) is 10.2 Å². The molecule has 1 aromatic heterocycles. The molecule has 2 unspecified atom stereocenters. The lowest BCUT2D eigenvalue weighted by Gasteiger charge is -2.31. The third-order valence-electron chi connectivity index (χ3n) is 3.48. The van der Waals surface area contributed by atoms with Gasteiger partial charge < -0.3 is 5.32 Å². The molecule has 1 aliphatic carbocycles. The van der Waals surface area contributed by atoms with Gasteiger partial charge >= 0.3 is 0 Å². The van der Waals surface area contributed by atoms with Crippen LogP contribution in [0.25, 0.3) is 0 Å². The van der Waals surface area contributed by atoms with E-state index in [1.54, 1.807) is 6.07 Å². The van der Waals surface area contributed by atoms with E-state index in [0.717, 1.165) is 0 Å². The summed E-state index contributed by atoms with van der Waals surface area (Å²) in [6, 6.07) is 5.38. The largest absolute Gasteiger partial charge is 0.367 e. The van der Waals surface area contributed by atoms with Gasteiger partial charge in [0.1, 0.15) is 5.82 Å². The van der Waals surface area contributed by atoms with Crippen molar-refractivity contribution in [1.82, 2.24) is 4.98 Å². The van der Waals surface area contributed by atoms with Gasteiger partial charge in [0.15, 0.2) is 0 Å². The molecule has 1 aromatic rings. The van der Waals surface area contributed by atoms with Crippen molar-refractivity contribution in [3.63, 3.8) is 0 Å². The molecule has 0 bridgehead atoms. The highest BCUT2D eigenvalue weighted by atomic mass is 19.1. The SMILES string of the molecule is CCC1CCCCC1Nc1cccc(F)n1. The van der Waals surface area contributed by atoms with E-state index in [1.165, 1.54) is 38.2 Å². The predicted octanol–water partition coefficient (Wildman–Crippen LogP) is 3.60. The van der Waals surface area contributed by atoms with Crippen LogP contribution in [-0.4, -0.2) is 11.0 Å². The molecule has 1 heterocycles. The average molecular weight is 222 g/mol. The molecule has 3 heteroatoms. The lowest BCUT2D eigenvalue weighted by molar-refractivity contribution is 0.316. The summed E-state index contributed by atoms with van der Waals surface area (Å²) in [6.07, 6.45) is 6.24. The molecule has 1 aliphatic rings. The quantitative estimate of drug-likeness (QED) is 0.790. The standard InChI is InChI=1S/C13H19FN2/c1-2-10-6-3-4-7-11(10)15-13-9-5-8-12(14)16-13/h5,8-11H,2-4,6-7H2,1H3,(H,15,16). The molecule has 88 valence electrons. The molecule has 1 N–H and O–H groups in total. The molecule has 1 fully saturated rings. The first-order valence-electron chi connectivity index (χ1n) is 6.18. The normalized spacial score (nSPS) is 25.4. The second-order valence-electron chi connectivity index (χ2n) is 4.55. The first-order chi connectivity index (χ1) is 7.79. The molecular weight excluding hydrogens is 203 g/mol. The summed E-state index contributed by atoms with van der Waals surface area (Å²) in [5.41, 5.74) is 0.